The minimum atomic E-state index is -0.459. The summed E-state index contributed by atoms with van der Waals surface area (Å²) in [6, 6.07) is 14.2. The lowest BCUT2D eigenvalue weighted by Gasteiger charge is -2.11. The molecule has 2 amide bonds. The summed E-state index contributed by atoms with van der Waals surface area (Å²) < 4.78 is 0. The van der Waals surface area contributed by atoms with Gasteiger partial charge in [0.1, 0.15) is 5.70 Å². The Morgan fingerprint density at radius 2 is 1.68 bits per heavy atom. The van der Waals surface area contributed by atoms with Gasteiger partial charge in [-0.15, -0.1) is 0 Å². The van der Waals surface area contributed by atoms with E-state index in [2.05, 4.69) is 10.6 Å². The number of anilines is 1. The highest BCUT2D eigenvalue weighted by molar-refractivity contribution is 6.09. The van der Waals surface area contributed by atoms with Crippen LogP contribution in [0.5, 0.6) is 0 Å². The molecule has 2 N–H and O–H groups in total. The second-order valence-electron chi connectivity index (χ2n) is 5.69. The summed E-state index contributed by atoms with van der Waals surface area (Å²) in [6.45, 7) is 4.72. The largest absolute Gasteiger partial charge is 0.322 e. The van der Waals surface area contributed by atoms with Crippen LogP contribution in [0.25, 0.3) is 6.08 Å². The van der Waals surface area contributed by atoms with Crippen LogP contribution in [0, 0.1) is 6.92 Å². The molecule has 0 bridgehead atoms. The lowest BCUT2D eigenvalue weighted by Crippen LogP contribution is -2.29. The van der Waals surface area contributed by atoms with E-state index in [4.69, 9.17) is 0 Å². The molecule has 0 aromatic heterocycles. The molecule has 0 saturated carbocycles. The van der Waals surface area contributed by atoms with Gasteiger partial charge in [-0.2, -0.15) is 0 Å². The molecular weight excluding hydrogens is 316 g/mol. The topological polar surface area (TPSA) is 75.3 Å². The van der Waals surface area contributed by atoms with Crippen LogP contribution in [0.1, 0.15) is 35.3 Å². The van der Waals surface area contributed by atoms with Crippen LogP contribution in [0.3, 0.4) is 0 Å². The minimum Gasteiger partial charge on any atom is -0.322 e. The lowest BCUT2D eigenvalue weighted by atomic mass is 10.1. The van der Waals surface area contributed by atoms with Gasteiger partial charge in [0, 0.05) is 18.2 Å². The molecule has 2 aromatic carbocycles. The Hall–Kier alpha value is -3.21. The first-order valence-corrected chi connectivity index (χ1v) is 7.84. The number of rotatable bonds is 5. The van der Waals surface area contributed by atoms with Gasteiger partial charge >= 0.3 is 0 Å². The summed E-state index contributed by atoms with van der Waals surface area (Å²) in [5.74, 6) is -0.889. The average molecular weight is 336 g/mol. The second kappa shape index (κ2) is 8.06. The molecule has 5 heteroatoms. The molecule has 0 heterocycles. The van der Waals surface area contributed by atoms with Gasteiger partial charge in [0.2, 0.25) is 5.91 Å². The Balaban J connectivity index is 2.30. The molecule has 25 heavy (non-hydrogen) atoms. The highest BCUT2D eigenvalue weighted by atomic mass is 16.2. The third kappa shape index (κ3) is 5.14. The Bertz CT molecular complexity index is 854. The van der Waals surface area contributed by atoms with Crippen molar-refractivity contribution in [2.45, 2.75) is 20.8 Å². The Morgan fingerprint density at radius 1 is 0.960 bits per heavy atom. The molecule has 0 unspecified atom stereocenters. The number of amides is 2. The van der Waals surface area contributed by atoms with E-state index in [1.54, 1.807) is 30.3 Å². The van der Waals surface area contributed by atoms with Crippen molar-refractivity contribution in [3.63, 3.8) is 0 Å². The number of hydrogen-bond donors (Lipinski definition) is 2. The molecule has 0 saturated heterocycles. The molecule has 0 spiro atoms. The van der Waals surface area contributed by atoms with Crippen molar-refractivity contribution >= 4 is 29.4 Å². The van der Waals surface area contributed by atoms with Gasteiger partial charge < -0.3 is 10.6 Å². The maximum atomic E-state index is 12.6. The minimum absolute atomic E-state index is 0.0892. The van der Waals surface area contributed by atoms with Crippen molar-refractivity contribution in [3.05, 3.63) is 70.9 Å². The van der Waals surface area contributed by atoms with Gasteiger partial charge in [-0.05, 0) is 43.2 Å². The van der Waals surface area contributed by atoms with E-state index < -0.39 is 5.91 Å². The number of hydrogen-bond acceptors (Lipinski definition) is 3. The summed E-state index contributed by atoms with van der Waals surface area (Å²) >= 11 is 0. The van der Waals surface area contributed by atoms with Gasteiger partial charge in [-0.25, -0.2) is 0 Å². The predicted molar refractivity (Wildman–Crippen MR) is 98.0 cm³/mol. The summed E-state index contributed by atoms with van der Waals surface area (Å²) in [5.41, 5.74) is 2.94. The third-order valence-electron chi connectivity index (χ3n) is 3.57. The second-order valence-corrected chi connectivity index (χ2v) is 5.69. The van der Waals surface area contributed by atoms with Crippen LogP contribution < -0.4 is 10.6 Å². The molecule has 0 atom stereocenters. The van der Waals surface area contributed by atoms with Crippen LogP contribution in [-0.2, 0) is 9.59 Å². The van der Waals surface area contributed by atoms with E-state index in [1.807, 2.05) is 31.2 Å². The van der Waals surface area contributed by atoms with Crippen LogP contribution in [0.2, 0.25) is 0 Å². The zero-order valence-electron chi connectivity index (χ0n) is 14.4. The van der Waals surface area contributed by atoms with Crippen molar-refractivity contribution in [2.24, 2.45) is 0 Å². The van der Waals surface area contributed by atoms with Gasteiger partial charge in [0.15, 0.2) is 5.78 Å². The summed E-state index contributed by atoms with van der Waals surface area (Å²) in [5, 5.41) is 5.26. The van der Waals surface area contributed by atoms with Gasteiger partial charge in [0.25, 0.3) is 5.91 Å². The van der Waals surface area contributed by atoms with Crippen LogP contribution in [-0.4, -0.2) is 17.6 Å². The molecule has 5 nitrogen and oxygen atoms in total. The summed E-state index contributed by atoms with van der Waals surface area (Å²) in [4.78, 5) is 35.5. The first-order chi connectivity index (χ1) is 11.9. The Labute approximate surface area is 146 Å². The van der Waals surface area contributed by atoms with Crippen molar-refractivity contribution in [2.75, 3.05) is 5.32 Å². The highest BCUT2D eigenvalue weighted by Crippen LogP contribution is 2.15. The summed E-state index contributed by atoms with van der Waals surface area (Å²) in [7, 11) is 0. The Kier molecular flexibility index (Phi) is 5.84. The van der Waals surface area contributed by atoms with Crippen molar-refractivity contribution < 1.29 is 14.4 Å². The first kappa shape index (κ1) is 18.1. The van der Waals surface area contributed by atoms with E-state index in [0.29, 0.717) is 11.3 Å². The van der Waals surface area contributed by atoms with Gasteiger partial charge in [0.05, 0.1) is 0 Å². The molecule has 0 radical (unpaired) electrons. The molecule has 0 aliphatic rings. The van der Waals surface area contributed by atoms with E-state index in [1.165, 1.54) is 13.8 Å². The number of nitrogens with one attached hydrogen (secondary N) is 2. The molecular formula is C20H20N2O3. The van der Waals surface area contributed by atoms with Crippen LogP contribution in [0.4, 0.5) is 5.69 Å². The van der Waals surface area contributed by atoms with Crippen molar-refractivity contribution in [3.8, 4) is 0 Å². The van der Waals surface area contributed by atoms with E-state index in [-0.39, 0.29) is 17.4 Å². The fourth-order valence-corrected chi connectivity index (χ4v) is 2.27. The SMILES string of the molecule is CC(=O)N/C(=C\c1ccccc1C)C(=O)Nc1cccc(C(C)=O)c1. The monoisotopic (exact) mass is 336 g/mol. The fraction of sp³-hybridized carbons (Fsp3) is 0.150. The third-order valence-corrected chi connectivity index (χ3v) is 3.57. The van der Waals surface area contributed by atoms with Crippen molar-refractivity contribution in [1.29, 1.82) is 0 Å². The molecule has 0 fully saturated rings. The number of carbonyl (C=O) groups excluding carboxylic acids is 3. The number of Topliss-reactive ketones (excluding diaryl/α,β-unsaturated/α-hetero) is 1. The van der Waals surface area contributed by atoms with Crippen LogP contribution in [0.15, 0.2) is 54.2 Å². The number of aryl methyl sites for hydroxylation is 1. The van der Waals surface area contributed by atoms with E-state index in [0.717, 1.165) is 11.1 Å². The maximum absolute atomic E-state index is 12.6. The Morgan fingerprint density at radius 3 is 2.32 bits per heavy atom. The van der Waals surface area contributed by atoms with E-state index in [9.17, 15) is 14.4 Å². The average Bonchev–Trinajstić information content (AvgIpc) is 2.56. The smallest absolute Gasteiger partial charge is 0.272 e. The molecule has 128 valence electrons. The van der Waals surface area contributed by atoms with Crippen molar-refractivity contribution in [1.82, 2.24) is 5.32 Å². The highest BCUT2D eigenvalue weighted by Gasteiger charge is 2.13. The predicted octanol–water partition coefficient (Wildman–Crippen LogP) is 3.31. The van der Waals surface area contributed by atoms with Gasteiger partial charge in [-0.3, -0.25) is 14.4 Å². The van der Waals surface area contributed by atoms with E-state index >= 15 is 0 Å². The summed E-state index contributed by atoms with van der Waals surface area (Å²) in [6.07, 6.45) is 1.63. The molecule has 2 aromatic rings. The molecule has 2 rings (SSSR count). The fourth-order valence-electron chi connectivity index (χ4n) is 2.27. The lowest BCUT2D eigenvalue weighted by molar-refractivity contribution is -0.120. The quantitative estimate of drug-likeness (QED) is 0.650. The van der Waals surface area contributed by atoms with Gasteiger partial charge in [-0.1, -0.05) is 36.4 Å². The first-order valence-electron chi connectivity index (χ1n) is 7.84. The molecule has 0 aliphatic carbocycles. The zero-order valence-corrected chi connectivity index (χ0v) is 14.4. The maximum Gasteiger partial charge on any atom is 0.272 e. The zero-order chi connectivity index (χ0) is 18.4. The molecule has 0 aliphatic heterocycles. The van der Waals surface area contributed by atoms with Crippen LogP contribution >= 0.6 is 0 Å². The number of benzene rings is 2. The standard InChI is InChI=1S/C20H20N2O3/c1-13-7-4-5-8-16(13)12-19(21-15(3)24)20(25)22-18-10-6-9-17(11-18)14(2)23/h4-12H,1-3H3,(H,21,24)(H,22,25)/b19-12-. The normalized spacial score (nSPS) is 10.9. The number of ketones is 1. The number of carbonyl (C=O) groups is 3.